The normalized spacial score (nSPS) is 14.8. The van der Waals surface area contributed by atoms with Crippen LogP contribution in [0.15, 0.2) is 30.3 Å². The summed E-state index contributed by atoms with van der Waals surface area (Å²) in [5.74, 6) is -0.989. The molecule has 1 aliphatic heterocycles. The fourth-order valence-corrected chi connectivity index (χ4v) is 3.36. The van der Waals surface area contributed by atoms with Gasteiger partial charge in [0.15, 0.2) is 0 Å². The van der Waals surface area contributed by atoms with Crippen LogP contribution in [0, 0.1) is 5.41 Å². The molecular weight excluding hydrogens is 352 g/mol. The van der Waals surface area contributed by atoms with Crippen molar-refractivity contribution in [1.82, 2.24) is 10.0 Å². The standard InChI is InChI=1S/C23H34N2O3/c1-4-23(2,3)21(27)22(28)25-18-12-11-17-24(25)20(26)16-10-6-9-15-19-13-7-5-8-14-19/h5,7-8,13-14H,4,6,9-12,15-18H2,1-3H3. The van der Waals surface area contributed by atoms with Crippen LogP contribution in [0.5, 0.6) is 0 Å². The van der Waals surface area contributed by atoms with Gasteiger partial charge in [0, 0.05) is 24.9 Å². The van der Waals surface area contributed by atoms with Gasteiger partial charge in [0.2, 0.25) is 11.7 Å². The molecule has 1 heterocycles. The van der Waals surface area contributed by atoms with Crippen LogP contribution >= 0.6 is 0 Å². The number of benzene rings is 1. The number of nitrogens with zero attached hydrogens (tertiary/aromatic N) is 2. The van der Waals surface area contributed by atoms with Crippen LogP contribution in [0.3, 0.4) is 0 Å². The molecule has 5 nitrogen and oxygen atoms in total. The van der Waals surface area contributed by atoms with E-state index in [1.807, 2.05) is 25.1 Å². The third kappa shape index (κ3) is 5.91. The number of rotatable bonds is 9. The average Bonchev–Trinajstić information content (AvgIpc) is 2.73. The van der Waals surface area contributed by atoms with Crippen LogP contribution in [0.2, 0.25) is 0 Å². The molecule has 0 N–H and O–H groups in total. The molecular formula is C23H34N2O3. The smallest absolute Gasteiger partial charge is 0.288 e. The van der Waals surface area contributed by atoms with Gasteiger partial charge in [-0.05, 0) is 44.1 Å². The second kappa shape index (κ2) is 10.4. The summed E-state index contributed by atoms with van der Waals surface area (Å²) in [6, 6.07) is 10.3. The Balaban J connectivity index is 1.84. The fourth-order valence-electron chi connectivity index (χ4n) is 3.36. The summed E-state index contributed by atoms with van der Waals surface area (Å²) in [6.07, 6.45) is 6.56. The summed E-state index contributed by atoms with van der Waals surface area (Å²) in [5.41, 5.74) is 0.624. The summed E-state index contributed by atoms with van der Waals surface area (Å²) in [5, 5.41) is 2.92. The lowest BCUT2D eigenvalue weighted by molar-refractivity contribution is -0.172. The Hall–Kier alpha value is -2.17. The molecule has 0 spiro atoms. The first kappa shape index (κ1) is 22.1. The number of aryl methyl sites for hydroxylation is 1. The maximum Gasteiger partial charge on any atom is 0.309 e. The van der Waals surface area contributed by atoms with Gasteiger partial charge in [0.05, 0.1) is 0 Å². The van der Waals surface area contributed by atoms with Crippen molar-refractivity contribution in [2.24, 2.45) is 5.41 Å². The van der Waals surface area contributed by atoms with E-state index in [0.717, 1.165) is 38.5 Å². The highest BCUT2D eigenvalue weighted by molar-refractivity contribution is 6.37. The topological polar surface area (TPSA) is 57.7 Å². The van der Waals surface area contributed by atoms with Gasteiger partial charge in [-0.3, -0.25) is 19.4 Å². The molecule has 0 atom stereocenters. The molecule has 0 bridgehead atoms. The number of amides is 2. The predicted octanol–water partition coefficient (Wildman–Crippen LogP) is 4.16. The second-order valence-corrected chi connectivity index (χ2v) is 8.27. The molecule has 1 aliphatic rings. The van der Waals surface area contributed by atoms with Crippen LogP contribution in [0.1, 0.15) is 71.3 Å². The first-order valence-electron chi connectivity index (χ1n) is 10.6. The van der Waals surface area contributed by atoms with E-state index < -0.39 is 17.1 Å². The Bertz CT molecular complexity index is 670. The first-order valence-corrected chi connectivity index (χ1v) is 10.6. The summed E-state index contributed by atoms with van der Waals surface area (Å²) in [6.45, 7) is 6.45. The molecule has 1 aromatic carbocycles. The molecule has 0 radical (unpaired) electrons. The van der Waals surface area contributed by atoms with E-state index in [-0.39, 0.29) is 5.91 Å². The number of carbonyl (C=O) groups is 3. The number of hydrogen-bond donors (Lipinski definition) is 0. The highest BCUT2D eigenvalue weighted by Gasteiger charge is 2.38. The maximum absolute atomic E-state index is 12.7. The second-order valence-electron chi connectivity index (χ2n) is 8.27. The van der Waals surface area contributed by atoms with Crippen molar-refractivity contribution in [2.45, 2.75) is 72.1 Å². The van der Waals surface area contributed by atoms with Crippen molar-refractivity contribution < 1.29 is 14.4 Å². The van der Waals surface area contributed by atoms with E-state index in [1.54, 1.807) is 13.8 Å². The van der Waals surface area contributed by atoms with Crippen LogP contribution in [0.25, 0.3) is 0 Å². The summed E-state index contributed by atoms with van der Waals surface area (Å²) in [7, 11) is 0. The van der Waals surface area contributed by atoms with Crippen molar-refractivity contribution in [3.8, 4) is 0 Å². The fraction of sp³-hybridized carbons (Fsp3) is 0.609. The minimum Gasteiger partial charge on any atom is -0.288 e. The molecule has 1 aromatic rings. The molecule has 5 heteroatoms. The third-order valence-corrected chi connectivity index (χ3v) is 5.70. The zero-order chi connectivity index (χ0) is 20.6. The lowest BCUT2D eigenvalue weighted by atomic mass is 9.84. The largest absolute Gasteiger partial charge is 0.309 e. The summed E-state index contributed by atoms with van der Waals surface area (Å²) >= 11 is 0. The van der Waals surface area contributed by atoms with E-state index in [9.17, 15) is 14.4 Å². The maximum atomic E-state index is 12.7. The van der Waals surface area contributed by atoms with Crippen LogP contribution < -0.4 is 0 Å². The predicted molar refractivity (Wildman–Crippen MR) is 110 cm³/mol. The van der Waals surface area contributed by atoms with Gasteiger partial charge in [-0.15, -0.1) is 0 Å². The molecule has 0 unspecified atom stereocenters. The number of carbonyl (C=O) groups excluding carboxylic acids is 3. The molecule has 1 saturated heterocycles. The first-order chi connectivity index (χ1) is 13.4. The minimum absolute atomic E-state index is 0.0464. The molecule has 0 aliphatic carbocycles. The Morgan fingerprint density at radius 3 is 2.21 bits per heavy atom. The zero-order valence-corrected chi connectivity index (χ0v) is 17.6. The van der Waals surface area contributed by atoms with Crippen LogP contribution in [0.4, 0.5) is 0 Å². The van der Waals surface area contributed by atoms with E-state index >= 15 is 0 Å². The van der Waals surface area contributed by atoms with E-state index in [2.05, 4.69) is 12.1 Å². The summed E-state index contributed by atoms with van der Waals surface area (Å²) < 4.78 is 0. The van der Waals surface area contributed by atoms with Crippen LogP contribution in [-0.2, 0) is 20.8 Å². The molecule has 0 aromatic heterocycles. The van der Waals surface area contributed by atoms with E-state index in [0.29, 0.717) is 25.9 Å². The monoisotopic (exact) mass is 386 g/mol. The number of hydrogen-bond acceptors (Lipinski definition) is 3. The zero-order valence-electron chi connectivity index (χ0n) is 17.6. The van der Waals surface area contributed by atoms with Gasteiger partial charge in [-0.25, -0.2) is 5.01 Å². The number of Topliss-reactive ketones (excluding diaryl/α,β-unsaturated/α-hetero) is 1. The minimum atomic E-state index is -0.694. The van der Waals surface area contributed by atoms with Crippen molar-refractivity contribution in [2.75, 3.05) is 13.1 Å². The lowest BCUT2D eigenvalue weighted by Crippen LogP contribution is -2.56. The van der Waals surface area contributed by atoms with E-state index in [1.165, 1.54) is 15.6 Å². The molecule has 2 rings (SSSR count). The molecule has 2 amide bonds. The Morgan fingerprint density at radius 1 is 0.929 bits per heavy atom. The molecule has 28 heavy (non-hydrogen) atoms. The van der Waals surface area contributed by atoms with Gasteiger partial charge < -0.3 is 0 Å². The molecule has 1 fully saturated rings. The van der Waals surface area contributed by atoms with Crippen molar-refractivity contribution in [3.63, 3.8) is 0 Å². The van der Waals surface area contributed by atoms with Gasteiger partial charge in [-0.1, -0.05) is 57.5 Å². The van der Waals surface area contributed by atoms with Gasteiger partial charge in [-0.2, -0.15) is 0 Å². The number of unbranched alkanes of at least 4 members (excludes halogenated alkanes) is 2. The van der Waals surface area contributed by atoms with Gasteiger partial charge in [0.1, 0.15) is 0 Å². The summed E-state index contributed by atoms with van der Waals surface area (Å²) in [4.78, 5) is 38.0. The molecule has 0 saturated carbocycles. The quantitative estimate of drug-likeness (QED) is 0.473. The Kier molecular flexibility index (Phi) is 8.21. The number of hydrazine groups is 1. The highest BCUT2D eigenvalue weighted by atomic mass is 16.2. The SMILES string of the molecule is CCC(C)(C)C(=O)C(=O)N1CCCCN1C(=O)CCCCCc1ccccc1. The average molecular weight is 387 g/mol. The van der Waals surface area contributed by atoms with Crippen molar-refractivity contribution in [3.05, 3.63) is 35.9 Å². The van der Waals surface area contributed by atoms with Crippen molar-refractivity contribution in [1.29, 1.82) is 0 Å². The molecule has 154 valence electrons. The number of ketones is 1. The van der Waals surface area contributed by atoms with Crippen molar-refractivity contribution >= 4 is 17.6 Å². The highest BCUT2D eigenvalue weighted by Crippen LogP contribution is 2.24. The van der Waals surface area contributed by atoms with Gasteiger partial charge >= 0.3 is 5.91 Å². The Morgan fingerprint density at radius 2 is 1.57 bits per heavy atom. The Labute approximate surface area is 169 Å². The third-order valence-electron chi connectivity index (χ3n) is 5.70. The van der Waals surface area contributed by atoms with E-state index in [4.69, 9.17) is 0 Å². The van der Waals surface area contributed by atoms with Gasteiger partial charge in [0.25, 0.3) is 0 Å². The van der Waals surface area contributed by atoms with Crippen LogP contribution in [-0.4, -0.2) is 40.7 Å². The lowest BCUT2D eigenvalue weighted by Gasteiger charge is -2.39.